The topological polar surface area (TPSA) is 108 Å². The number of aromatic nitrogens is 4. The predicted molar refractivity (Wildman–Crippen MR) is 174 cm³/mol. The average Bonchev–Trinajstić information content (AvgIpc) is 3.45. The Morgan fingerprint density at radius 3 is 2.54 bits per heavy atom. The van der Waals surface area contributed by atoms with E-state index in [2.05, 4.69) is 22.5 Å². The molecule has 4 heterocycles. The van der Waals surface area contributed by atoms with E-state index in [1.165, 1.54) is 18.6 Å². The number of hydrogen-bond acceptors (Lipinski definition) is 5. The first-order valence-corrected chi connectivity index (χ1v) is 16.1. The number of nitrogens with zero attached hydrogens (tertiary/aromatic N) is 5. The molecular formula is C36H37FN6O3. The van der Waals surface area contributed by atoms with Gasteiger partial charge in [0.15, 0.2) is 5.82 Å². The Kier molecular flexibility index (Phi) is 6.49. The van der Waals surface area contributed by atoms with E-state index in [0.717, 1.165) is 60.4 Å². The summed E-state index contributed by atoms with van der Waals surface area (Å²) in [6, 6.07) is 12.8. The predicted octanol–water partition coefficient (Wildman–Crippen LogP) is 6.09. The van der Waals surface area contributed by atoms with Gasteiger partial charge in [0.2, 0.25) is 0 Å². The zero-order chi connectivity index (χ0) is 32.0. The number of aryl methyl sites for hydroxylation is 2. The summed E-state index contributed by atoms with van der Waals surface area (Å²) in [4.78, 5) is 37.7. The molecule has 9 nitrogen and oxygen atoms in total. The highest BCUT2D eigenvalue weighted by Crippen LogP contribution is 2.44. The molecule has 3 aliphatic rings. The molecule has 3 aromatic heterocycles. The van der Waals surface area contributed by atoms with Gasteiger partial charge in [-0.15, -0.1) is 0 Å². The molecule has 2 aliphatic carbocycles. The molecule has 2 N–H and O–H groups in total. The van der Waals surface area contributed by atoms with Crippen LogP contribution in [0.2, 0.25) is 0 Å². The van der Waals surface area contributed by atoms with Gasteiger partial charge in [0.1, 0.15) is 22.7 Å². The number of rotatable bonds is 7. The van der Waals surface area contributed by atoms with Crippen molar-refractivity contribution in [3.8, 4) is 28.5 Å². The zero-order valence-corrected chi connectivity index (χ0v) is 26.5. The lowest BCUT2D eigenvalue weighted by molar-refractivity contribution is 0.0695. The molecule has 236 valence electrons. The van der Waals surface area contributed by atoms with Crippen molar-refractivity contribution >= 4 is 33.9 Å². The number of carbonyl (C=O) groups excluding carboxylic acids is 2. The number of carbonyl (C=O) groups is 2. The smallest absolute Gasteiger partial charge is 0.254 e. The number of hydrogen-bond donors (Lipinski definition) is 1. The molecule has 3 atom stereocenters. The fourth-order valence-electron chi connectivity index (χ4n) is 7.88. The van der Waals surface area contributed by atoms with E-state index in [1.54, 1.807) is 7.11 Å². The average molecular weight is 621 g/mol. The molecule has 2 aromatic carbocycles. The number of likely N-dealkylation sites (tertiary alicyclic amines) is 1. The Balaban J connectivity index is 1.24. The summed E-state index contributed by atoms with van der Waals surface area (Å²) < 4.78 is 24.9. The third kappa shape index (κ3) is 4.40. The number of benzene rings is 2. The number of methoxy groups -OCH3 is 1. The Labute approximate surface area is 266 Å². The first-order valence-electron chi connectivity index (χ1n) is 16.1. The van der Waals surface area contributed by atoms with Gasteiger partial charge >= 0.3 is 0 Å². The summed E-state index contributed by atoms with van der Waals surface area (Å²) in [6.07, 6.45) is 4.57. The number of imidazole rings is 1. The first-order chi connectivity index (χ1) is 22.1. The largest absolute Gasteiger partial charge is 0.494 e. The van der Waals surface area contributed by atoms with Crippen LogP contribution in [0.4, 0.5) is 4.39 Å². The number of nitrogens with two attached hydrogens (primary N) is 1. The van der Waals surface area contributed by atoms with E-state index in [9.17, 15) is 14.0 Å². The summed E-state index contributed by atoms with van der Waals surface area (Å²) in [6.45, 7) is 5.68. The van der Waals surface area contributed by atoms with Gasteiger partial charge in [-0.3, -0.25) is 9.59 Å². The number of piperidine rings is 1. The standard InChI is InChI=1S/C36H37FN6O3/c1-18-11-25(33(38)44)26(37)15-24(18)27-9-7-21-13-30(42(34(21)39-27)16-20-5-6-20)35-40-28-12-23(14-31(46-4)32(28)41(35)3)36(45)43-17-22-8-10-29(43)19(22)2/h7,9,11-15,19-20,22,29H,5-6,8,10,16-17H2,1-4H3,(H2,38,44)/t19-,22?,29?/m1/s1. The van der Waals surface area contributed by atoms with Crippen LogP contribution in [0.1, 0.15) is 58.9 Å². The molecule has 10 heteroatoms. The van der Waals surface area contributed by atoms with E-state index < -0.39 is 11.7 Å². The van der Waals surface area contributed by atoms with Crippen LogP contribution >= 0.6 is 0 Å². The molecule has 46 heavy (non-hydrogen) atoms. The van der Waals surface area contributed by atoms with Gasteiger partial charge in [-0.25, -0.2) is 14.4 Å². The Morgan fingerprint density at radius 1 is 1.07 bits per heavy atom. The molecule has 1 saturated heterocycles. The lowest BCUT2D eigenvalue weighted by Gasteiger charge is -2.27. The Bertz CT molecular complexity index is 2090. The number of primary amides is 1. The van der Waals surface area contributed by atoms with E-state index >= 15 is 0 Å². The van der Waals surface area contributed by atoms with Crippen LogP contribution in [0.5, 0.6) is 5.75 Å². The van der Waals surface area contributed by atoms with Crippen molar-refractivity contribution in [2.45, 2.75) is 52.1 Å². The molecule has 3 fully saturated rings. The fourth-order valence-corrected chi connectivity index (χ4v) is 7.88. The highest BCUT2D eigenvalue weighted by Gasteiger charge is 2.46. The molecule has 5 aromatic rings. The fraction of sp³-hybridized carbons (Fsp3) is 0.389. The van der Waals surface area contributed by atoms with Gasteiger partial charge in [-0.2, -0.15) is 0 Å². The number of halogens is 1. The summed E-state index contributed by atoms with van der Waals surface area (Å²) >= 11 is 0. The van der Waals surface area contributed by atoms with Crippen LogP contribution in [-0.4, -0.2) is 55.5 Å². The van der Waals surface area contributed by atoms with Crippen molar-refractivity contribution in [1.82, 2.24) is 24.0 Å². The SMILES string of the molecule is COc1cc(C(=O)N2CC3CCC2[C@@H]3C)cc2nc(-c3cc4ccc(-c5cc(F)c(C(N)=O)cc5C)nc4n3CC3CC3)n(C)c12. The van der Waals surface area contributed by atoms with Crippen molar-refractivity contribution in [3.05, 3.63) is 65.0 Å². The second kappa shape index (κ2) is 10.4. The lowest BCUT2D eigenvalue weighted by atomic mass is 10.0. The number of amides is 2. The minimum Gasteiger partial charge on any atom is -0.494 e. The lowest BCUT2D eigenvalue weighted by Crippen LogP contribution is -2.38. The highest BCUT2D eigenvalue weighted by atomic mass is 19.1. The van der Waals surface area contributed by atoms with Crippen LogP contribution in [0.25, 0.3) is 44.8 Å². The summed E-state index contributed by atoms with van der Waals surface area (Å²) in [5, 5.41) is 0.944. The van der Waals surface area contributed by atoms with Crippen molar-refractivity contribution in [3.63, 3.8) is 0 Å². The highest BCUT2D eigenvalue weighted by molar-refractivity contribution is 6.00. The van der Waals surface area contributed by atoms with Gasteiger partial charge in [-0.1, -0.05) is 6.92 Å². The Hall–Kier alpha value is -4.73. The van der Waals surface area contributed by atoms with Crippen molar-refractivity contribution in [2.75, 3.05) is 13.7 Å². The maximum absolute atomic E-state index is 14.8. The van der Waals surface area contributed by atoms with E-state index in [4.69, 9.17) is 20.4 Å². The maximum atomic E-state index is 14.8. The van der Waals surface area contributed by atoms with Crippen molar-refractivity contribution < 1.29 is 18.7 Å². The van der Waals surface area contributed by atoms with Crippen molar-refractivity contribution in [1.29, 1.82) is 0 Å². The minimum absolute atomic E-state index is 0.0432. The molecule has 0 radical (unpaired) electrons. The molecule has 2 saturated carbocycles. The molecular weight excluding hydrogens is 583 g/mol. The van der Waals surface area contributed by atoms with E-state index in [1.807, 2.05) is 42.8 Å². The van der Waals surface area contributed by atoms with Crippen LogP contribution in [0.3, 0.4) is 0 Å². The van der Waals surface area contributed by atoms with Crippen LogP contribution in [0, 0.1) is 30.5 Å². The van der Waals surface area contributed by atoms with Gasteiger partial charge in [-0.05, 0) is 98.4 Å². The number of fused-ring (bicyclic) bond motifs is 4. The van der Waals surface area contributed by atoms with Crippen LogP contribution < -0.4 is 10.5 Å². The van der Waals surface area contributed by atoms with Gasteiger partial charge in [0, 0.05) is 42.7 Å². The molecule has 2 amide bonds. The summed E-state index contributed by atoms with van der Waals surface area (Å²) in [5.74, 6) is 1.61. The quantitative estimate of drug-likeness (QED) is 0.237. The van der Waals surface area contributed by atoms with Gasteiger partial charge < -0.3 is 24.5 Å². The van der Waals surface area contributed by atoms with Gasteiger partial charge in [0.05, 0.1) is 29.6 Å². The van der Waals surface area contributed by atoms with E-state index in [0.29, 0.717) is 57.4 Å². The molecule has 2 bridgehead atoms. The third-order valence-electron chi connectivity index (χ3n) is 10.6. The Morgan fingerprint density at radius 2 is 1.87 bits per heavy atom. The van der Waals surface area contributed by atoms with Crippen LogP contribution in [-0.2, 0) is 13.6 Å². The molecule has 2 unspecified atom stereocenters. The monoisotopic (exact) mass is 620 g/mol. The van der Waals surface area contributed by atoms with E-state index in [-0.39, 0.29) is 11.5 Å². The molecule has 0 spiro atoms. The maximum Gasteiger partial charge on any atom is 0.254 e. The van der Waals surface area contributed by atoms with Crippen molar-refractivity contribution in [2.24, 2.45) is 30.5 Å². The summed E-state index contributed by atoms with van der Waals surface area (Å²) in [7, 11) is 3.60. The normalized spacial score (nSPS) is 20.7. The molecule has 8 rings (SSSR count). The number of pyridine rings is 1. The minimum atomic E-state index is -0.799. The van der Waals surface area contributed by atoms with Gasteiger partial charge in [0.25, 0.3) is 11.8 Å². The summed E-state index contributed by atoms with van der Waals surface area (Å²) in [5.41, 5.74) is 11.0. The second-order valence-corrected chi connectivity index (χ2v) is 13.5. The second-order valence-electron chi connectivity index (χ2n) is 13.5. The first kappa shape index (κ1) is 28.7. The zero-order valence-electron chi connectivity index (χ0n) is 26.5. The molecule has 1 aliphatic heterocycles. The third-order valence-corrected chi connectivity index (χ3v) is 10.6. The van der Waals surface area contributed by atoms with Crippen LogP contribution in [0.15, 0.2) is 42.5 Å². The number of ether oxygens (including phenoxy) is 1.